The highest BCUT2D eigenvalue weighted by atomic mass is 35.5. The van der Waals surface area contributed by atoms with Crippen LogP contribution >= 0.6 is 11.6 Å². The minimum atomic E-state index is -2.90. The average Bonchev–Trinajstić information content (AvgIpc) is 3.10. The van der Waals surface area contributed by atoms with E-state index < -0.39 is 17.9 Å². The summed E-state index contributed by atoms with van der Waals surface area (Å²) in [6, 6.07) is 2.59. The lowest BCUT2D eigenvalue weighted by molar-refractivity contribution is -0.126. The fourth-order valence-corrected chi connectivity index (χ4v) is 2.91. The fourth-order valence-electron chi connectivity index (χ4n) is 2.79. The van der Waals surface area contributed by atoms with Crippen molar-refractivity contribution < 1.29 is 13.6 Å². The quantitative estimate of drug-likeness (QED) is 0.862. The van der Waals surface area contributed by atoms with E-state index in [4.69, 9.17) is 11.6 Å². The Bertz CT molecular complexity index is 724. The van der Waals surface area contributed by atoms with Crippen molar-refractivity contribution in [2.24, 2.45) is 0 Å². The normalized spacial score (nSPS) is 21.7. The number of nitrogens with zero attached hydrogens (tertiary/aromatic N) is 4. The van der Waals surface area contributed by atoms with Crippen molar-refractivity contribution in [2.75, 3.05) is 18.4 Å². The second-order valence-electron chi connectivity index (χ2n) is 5.96. The van der Waals surface area contributed by atoms with E-state index in [1.807, 2.05) is 0 Å². The van der Waals surface area contributed by atoms with E-state index in [2.05, 4.69) is 25.5 Å². The molecule has 1 saturated heterocycles. The van der Waals surface area contributed by atoms with Crippen LogP contribution in [0, 0.1) is 0 Å². The maximum absolute atomic E-state index is 14.2. The van der Waals surface area contributed by atoms with Crippen LogP contribution in [-0.2, 0) is 4.79 Å². The Kier molecular flexibility index (Phi) is 4.96. The molecule has 1 amide bonds. The molecule has 10 heteroatoms. The number of carbonyl (C=O) groups excluding carboxylic acids is 1. The number of nitrogens with one attached hydrogen (secondary N) is 2. The highest BCUT2D eigenvalue weighted by Gasteiger charge is 2.47. The number of alkyl halides is 2. The topological polar surface area (TPSA) is 86.8 Å². The Hall–Kier alpha value is -2.13. The lowest BCUT2D eigenvalue weighted by Crippen LogP contribution is -2.52. The Morgan fingerprint density at radius 1 is 1.48 bits per heavy atom. The van der Waals surface area contributed by atoms with Gasteiger partial charge in [-0.1, -0.05) is 11.6 Å². The minimum absolute atomic E-state index is 0.00479. The third-order valence-corrected chi connectivity index (χ3v) is 4.55. The molecule has 0 saturated carbocycles. The molecule has 2 N–H and O–H groups in total. The van der Waals surface area contributed by atoms with Gasteiger partial charge in [-0.05, 0) is 19.1 Å². The molecule has 2 aromatic heterocycles. The van der Waals surface area contributed by atoms with Crippen molar-refractivity contribution in [1.29, 1.82) is 0 Å². The van der Waals surface area contributed by atoms with Gasteiger partial charge in [0.2, 0.25) is 5.91 Å². The number of likely N-dealkylation sites (tertiary alicyclic amines) is 1. The first-order valence-corrected chi connectivity index (χ1v) is 8.14. The molecule has 1 aliphatic rings. The van der Waals surface area contributed by atoms with E-state index >= 15 is 0 Å². The zero-order valence-corrected chi connectivity index (χ0v) is 14.2. The number of aromatic amines is 1. The number of piperidine rings is 1. The maximum atomic E-state index is 14.2. The number of rotatable bonds is 4. The van der Waals surface area contributed by atoms with Crippen molar-refractivity contribution in [2.45, 2.75) is 31.2 Å². The summed E-state index contributed by atoms with van der Waals surface area (Å²) in [5.74, 6) is -3.87. The summed E-state index contributed by atoms with van der Waals surface area (Å²) in [6.45, 7) is 1.79. The third-order valence-electron chi connectivity index (χ3n) is 4.33. The number of H-pyrrole nitrogens is 1. The van der Waals surface area contributed by atoms with Crippen molar-refractivity contribution >= 4 is 23.3 Å². The number of hydrogen-bond donors (Lipinski definition) is 2. The summed E-state index contributed by atoms with van der Waals surface area (Å²) >= 11 is 5.76. The van der Waals surface area contributed by atoms with E-state index in [1.165, 1.54) is 12.5 Å². The summed E-state index contributed by atoms with van der Waals surface area (Å²) < 4.78 is 28.4. The second-order valence-corrected chi connectivity index (χ2v) is 6.39. The van der Waals surface area contributed by atoms with Gasteiger partial charge in [0.25, 0.3) is 5.92 Å². The number of aromatic nitrogens is 4. The highest BCUT2D eigenvalue weighted by Crippen LogP contribution is 2.39. The number of carbonyl (C=O) groups is 1. The Labute approximate surface area is 147 Å². The molecule has 0 aliphatic carbocycles. The predicted molar refractivity (Wildman–Crippen MR) is 87.6 cm³/mol. The second kappa shape index (κ2) is 7.01. The van der Waals surface area contributed by atoms with Crippen molar-refractivity contribution in [1.82, 2.24) is 25.1 Å². The zero-order valence-electron chi connectivity index (χ0n) is 13.4. The van der Waals surface area contributed by atoms with Crippen LogP contribution in [0.1, 0.15) is 25.1 Å². The Morgan fingerprint density at radius 3 is 2.92 bits per heavy atom. The van der Waals surface area contributed by atoms with Gasteiger partial charge in [-0.15, -0.1) is 0 Å². The van der Waals surface area contributed by atoms with Gasteiger partial charge in [0, 0.05) is 25.7 Å². The van der Waals surface area contributed by atoms with Crippen LogP contribution in [0.15, 0.2) is 24.7 Å². The molecule has 0 radical (unpaired) electrons. The smallest absolute Gasteiger partial charge is 0.260 e. The average molecular weight is 371 g/mol. The summed E-state index contributed by atoms with van der Waals surface area (Å²) in [7, 11) is 0. The molecule has 0 bridgehead atoms. The monoisotopic (exact) mass is 370 g/mol. The van der Waals surface area contributed by atoms with E-state index in [0.29, 0.717) is 10.8 Å². The maximum Gasteiger partial charge on any atom is 0.260 e. The highest BCUT2D eigenvalue weighted by molar-refractivity contribution is 6.30. The summed E-state index contributed by atoms with van der Waals surface area (Å²) in [4.78, 5) is 22.0. The van der Waals surface area contributed by atoms with E-state index in [0.717, 1.165) is 0 Å². The van der Waals surface area contributed by atoms with Gasteiger partial charge in [0.05, 0.1) is 17.0 Å². The molecular formula is C15H17ClF2N6O. The van der Waals surface area contributed by atoms with Crippen LogP contribution < -0.4 is 5.32 Å². The molecule has 0 spiro atoms. The van der Waals surface area contributed by atoms with Crippen LogP contribution in [0.3, 0.4) is 0 Å². The first-order chi connectivity index (χ1) is 11.9. The number of amides is 1. The largest absolute Gasteiger partial charge is 0.309 e. The number of anilines is 1. The van der Waals surface area contributed by atoms with Crippen LogP contribution in [0.25, 0.3) is 0 Å². The van der Waals surface area contributed by atoms with Crippen molar-refractivity contribution in [3.05, 3.63) is 35.5 Å². The van der Waals surface area contributed by atoms with Crippen LogP contribution in [-0.4, -0.2) is 56.0 Å². The standard InChI is InChI=1S/C15H17ClF2N6O/c1-9(14(25)22-12-3-2-10(16)6-19-12)24-5-4-15(17,18)11(7-24)13-20-8-21-23-13/h2-3,6,8-9,11H,4-5,7H2,1H3,(H,19,22,25)(H,20,21,23)/t9-,11-/m0/s1. The van der Waals surface area contributed by atoms with E-state index in [1.54, 1.807) is 24.0 Å². The molecule has 7 nitrogen and oxygen atoms in total. The Morgan fingerprint density at radius 2 is 2.28 bits per heavy atom. The lowest BCUT2D eigenvalue weighted by atomic mass is 9.92. The van der Waals surface area contributed by atoms with Gasteiger partial charge in [-0.3, -0.25) is 14.8 Å². The fraction of sp³-hybridized carbons (Fsp3) is 0.467. The summed E-state index contributed by atoms with van der Waals surface area (Å²) in [6.07, 6.45) is 2.27. The SMILES string of the molecule is C[C@@H](C(=O)Nc1ccc(Cl)cn1)N1CCC(F)(F)[C@H](c2ncn[nH]2)C1. The first-order valence-electron chi connectivity index (χ1n) is 7.76. The molecule has 0 unspecified atom stereocenters. The van der Waals surface area contributed by atoms with E-state index in [-0.39, 0.29) is 31.2 Å². The molecule has 2 atom stereocenters. The number of hydrogen-bond acceptors (Lipinski definition) is 5. The number of pyridine rings is 1. The predicted octanol–water partition coefficient (Wildman–Crippen LogP) is 2.30. The van der Waals surface area contributed by atoms with Crippen LogP contribution in [0.2, 0.25) is 5.02 Å². The van der Waals surface area contributed by atoms with Crippen LogP contribution in [0.4, 0.5) is 14.6 Å². The van der Waals surface area contributed by atoms with Crippen molar-refractivity contribution in [3.63, 3.8) is 0 Å². The van der Waals surface area contributed by atoms with Crippen molar-refractivity contribution in [3.8, 4) is 0 Å². The Balaban J connectivity index is 1.68. The third kappa shape index (κ3) is 3.93. The molecule has 2 aromatic rings. The van der Waals surface area contributed by atoms with Gasteiger partial charge in [-0.25, -0.2) is 18.7 Å². The summed E-state index contributed by atoms with van der Waals surface area (Å²) in [5, 5.41) is 9.27. The molecule has 134 valence electrons. The molecule has 1 fully saturated rings. The van der Waals surface area contributed by atoms with Crippen LogP contribution in [0.5, 0.6) is 0 Å². The van der Waals surface area contributed by atoms with Gasteiger partial charge < -0.3 is 5.32 Å². The molecular weight excluding hydrogens is 354 g/mol. The lowest BCUT2D eigenvalue weighted by Gasteiger charge is -2.39. The first kappa shape index (κ1) is 17.7. The molecule has 1 aliphatic heterocycles. The minimum Gasteiger partial charge on any atom is -0.309 e. The number of halogens is 3. The molecule has 3 heterocycles. The van der Waals surface area contributed by atoms with Gasteiger partial charge in [-0.2, -0.15) is 5.10 Å². The van der Waals surface area contributed by atoms with Gasteiger partial charge in [0.1, 0.15) is 18.0 Å². The molecule has 25 heavy (non-hydrogen) atoms. The van der Waals surface area contributed by atoms with Gasteiger partial charge in [0.15, 0.2) is 0 Å². The molecule has 0 aromatic carbocycles. The zero-order chi connectivity index (χ0) is 18.0. The van der Waals surface area contributed by atoms with E-state index in [9.17, 15) is 13.6 Å². The summed E-state index contributed by atoms with van der Waals surface area (Å²) in [5.41, 5.74) is 0. The van der Waals surface area contributed by atoms with Gasteiger partial charge >= 0.3 is 0 Å². The molecule has 3 rings (SSSR count).